The van der Waals surface area contributed by atoms with Gasteiger partial charge in [0.25, 0.3) is 0 Å². The highest BCUT2D eigenvalue weighted by Gasteiger charge is 2.05. The van der Waals surface area contributed by atoms with Gasteiger partial charge in [0.05, 0.1) is 23.8 Å². The molecule has 0 atom stereocenters. The second-order valence-corrected chi connectivity index (χ2v) is 6.22. The molecule has 0 aliphatic carbocycles. The van der Waals surface area contributed by atoms with Crippen molar-refractivity contribution in [3.05, 3.63) is 52.1 Å². The van der Waals surface area contributed by atoms with E-state index < -0.39 is 0 Å². The van der Waals surface area contributed by atoms with Crippen LogP contribution in [-0.4, -0.2) is 37.7 Å². The molecule has 2 aromatic rings. The smallest absolute Gasteiger partial charge is 0.244 e. The molecule has 144 valence electrons. The molecule has 0 saturated heterocycles. The second kappa shape index (κ2) is 10.6. The third kappa shape index (κ3) is 6.66. The lowest BCUT2D eigenvalue weighted by Crippen LogP contribution is -2.27. The van der Waals surface area contributed by atoms with Gasteiger partial charge in [-0.1, -0.05) is 29.3 Å². The number of rotatable bonds is 9. The molecule has 1 aromatic carbocycles. The number of nitrogens with zero attached hydrogens (tertiary/aromatic N) is 1. The number of hydrogen-bond acceptors (Lipinski definition) is 5. The number of aromatic nitrogens is 1. The maximum Gasteiger partial charge on any atom is 0.244 e. The summed E-state index contributed by atoms with van der Waals surface area (Å²) in [6, 6.07) is 7.08. The highest BCUT2D eigenvalue weighted by Crippen LogP contribution is 2.28. The summed E-state index contributed by atoms with van der Waals surface area (Å²) < 4.78 is 10.8. The number of ether oxygens (including phenoxy) is 2. The lowest BCUT2D eigenvalue weighted by molar-refractivity contribution is -0.116. The Kier molecular flexibility index (Phi) is 8.23. The number of methoxy groups -OCH3 is 1. The van der Waals surface area contributed by atoms with E-state index >= 15 is 0 Å². The van der Waals surface area contributed by atoms with Crippen molar-refractivity contribution in [1.29, 1.82) is 0 Å². The van der Waals surface area contributed by atoms with Crippen LogP contribution in [0.5, 0.6) is 11.5 Å². The third-order valence-corrected chi connectivity index (χ3v) is 3.93. The molecule has 1 amide bonds. The van der Waals surface area contributed by atoms with Crippen LogP contribution >= 0.6 is 23.2 Å². The monoisotopic (exact) mass is 409 g/mol. The molecule has 1 aromatic heterocycles. The summed E-state index contributed by atoms with van der Waals surface area (Å²) in [7, 11) is 1.58. The van der Waals surface area contributed by atoms with Gasteiger partial charge in [-0.05, 0) is 36.8 Å². The number of nitrogens with one attached hydrogen (secondary N) is 2. The molecule has 1 heterocycles. The van der Waals surface area contributed by atoms with Gasteiger partial charge in [0.15, 0.2) is 11.5 Å². The van der Waals surface area contributed by atoms with Crippen LogP contribution in [0.25, 0.3) is 6.08 Å². The minimum absolute atomic E-state index is 0.209. The van der Waals surface area contributed by atoms with Crippen LogP contribution in [-0.2, 0) is 4.79 Å². The summed E-state index contributed by atoms with van der Waals surface area (Å²) in [6.45, 7) is 3.35. The number of anilines is 1. The lowest BCUT2D eigenvalue weighted by Gasteiger charge is -2.09. The molecule has 8 heteroatoms. The van der Waals surface area contributed by atoms with Crippen LogP contribution in [0.2, 0.25) is 10.0 Å². The lowest BCUT2D eigenvalue weighted by atomic mass is 10.2. The zero-order chi connectivity index (χ0) is 19.6. The van der Waals surface area contributed by atoms with E-state index in [1.165, 1.54) is 12.3 Å². The topological polar surface area (TPSA) is 72.5 Å². The molecule has 27 heavy (non-hydrogen) atoms. The van der Waals surface area contributed by atoms with Crippen molar-refractivity contribution in [2.75, 3.05) is 32.1 Å². The molecule has 0 aliphatic heterocycles. The van der Waals surface area contributed by atoms with Crippen LogP contribution in [0.3, 0.4) is 0 Å². The zero-order valence-corrected chi connectivity index (χ0v) is 16.6. The SMILES string of the molecule is CCOc1ccc(/C=C/C(=O)NCCNc2ncc(Cl)cc2Cl)cc1OC. The number of halogens is 2. The fourth-order valence-electron chi connectivity index (χ4n) is 2.20. The maximum atomic E-state index is 11.9. The number of carbonyl (C=O) groups is 1. The number of pyridine rings is 1. The molecule has 0 bridgehead atoms. The molecule has 0 fully saturated rings. The number of carbonyl (C=O) groups excluding carboxylic acids is 1. The van der Waals surface area contributed by atoms with Crippen LogP contribution in [0.1, 0.15) is 12.5 Å². The van der Waals surface area contributed by atoms with Crippen molar-refractivity contribution >= 4 is 41.0 Å². The van der Waals surface area contributed by atoms with E-state index in [9.17, 15) is 4.79 Å². The van der Waals surface area contributed by atoms with E-state index in [4.69, 9.17) is 32.7 Å². The van der Waals surface area contributed by atoms with Gasteiger partial charge in [0, 0.05) is 25.4 Å². The first-order valence-corrected chi connectivity index (χ1v) is 9.10. The molecule has 0 saturated carbocycles. The molecule has 6 nitrogen and oxygen atoms in total. The highest BCUT2D eigenvalue weighted by molar-refractivity contribution is 6.35. The number of benzene rings is 1. The van der Waals surface area contributed by atoms with Crippen molar-refractivity contribution in [3.8, 4) is 11.5 Å². The molecular formula is C19H21Cl2N3O3. The summed E-state index contributed by atoms with van der Waals surface area (Å²) in [5.41, 5.74) is 0.834. The Bertz CT molecular complexity index is 813. The van der Waals surface area contributed by atoms with E-state index in [0.717, 1.165) is 5.56 Å². The Morgan fingerprint density at radius 1 is 1.22 bits per heavy atom. The van der Waals surface area contributed by atoms with Crippen molar-refractivity contribution in [2.24, 2.45) is 0 Å². The first-order chi connectivity index (χ1) is 13.0. The van der Waals surface area contributed by atoms with Gasteiger partial charge in [-0.25, -0.2) is 4.98 Å². The predicted molar refractivity (Wildman–Crippen MR) is 109 cm³/mol. The molecule has 0 spiro atoms. The Morgan fingerprint density at radius 3 is 2.74 bits per heavy atom. The van der Waals surface area contributed by atoms with Crippen molar-refractivity contribution in [2.45, 2.75) is 6.92 Å². The first kappa shape index (κ1) is 20.9. The van der Waals surface area contributed by atoms with Crippen LogP contribution in [0.4, 0.5) is 5.82 Å². The Labute approximate surface area is 168 Å². The zero-order valence-electron chi connectivity index (χ0n) is 15.1. The highest BCUT2D eigenvalue weighted by atomic mass is 35.5. The van der Waals surface area contributed by atoms with E-state index in [2.05, 4.69) is 15.6 Å². The first-order valence-electron chi connectivity index (χ1n) is 8.35. The van der Waals surface area contributed by atoms with E-state index in [1.807, 2.05) is 25.1 Å². The van der Waals surface area contributed by atoms with E-state index in [0.29, 0.717) is 47.1 Å². The van der Waals surface area contributed by atoms with Gasteiger partial charge in [0.2, 0.25) is 5.91 Å². The molecule has 0 radical (unpaired) electrons. The summed E-state index contributed by atoms with van der Waals surface area (Å²) in [4.78, 5) is 16.0. The van der Waals surface area contributed by atoms with Gasteiger partial charge in [-0.2, -0.15) is 0 Å². The molecule has 2 rings (SSSR count). The van der Waals surface area contributed by atoms with Gasteiger partial charge in [-0.3, -0.25) is 4.79 Å². The Balaban J connectivity index is 1.81. The molecular weight excluding hydrogens is 389 g/mol. The summed E-state index contributed by atoms with van der Waals surface area (Å²) in [5.74, 6) is 1.60. The number of hydrogen-bond donors (Lipinski definition) is 2. The molecule has 0 aliphatic rings. The van der Waals surface area contributed by atoms with Crippen molar-refractivity contribution < 1.29 is 14.3 Å². The maximum absolute atomic E-state index is 11.9. The quantitative estimate of drug-likeness (QED) is 0.482. The van der Waals surface area contributed by atoms with Crippen LogP contribution in [0.15, 0.2) is 36.5 Å². The van der Waals surface area contributed by atoms with Crippen LogP contribution in [0, 0.1) is 0 Å². The van der Waals surface area contributed by atoms with Gasteiger partial charge >= 0.3 is 0 Å². The average molecular weight is 410 g/mol. The Morgan fingerprint density at radius 2 is 2.04 bits per heavy atom. The summed E-state index contributed by atoms with van der Waals surface area (Å²) in [5, 5.41) is 6.70. The van der Waals surface area contributed by atoms with Gasteiger partial charge in [0.1, 0.15) is 5.82 Å². The minimum Gasteiger partial charge on any atom is -0.493 e. The van der Waals surface area contributed by atoms with Gasteiger partial charge in [-0.15, -0.1) is 0 Å². The summed E-state index contributed by atoms with van der Waals surface area (Å²) >= 11 is 11.8. The predicted octanol–water partition coefficient (Wildman–Crippen LogP) is 4.04. The summed E-state index contributed by atoms with van der Waals surface area (Å²) in [6.07, 6.45) is 4.67. The van der Waals surface area contributed by atoms with Gasteiger partial charge < -0.3 is 20.1 Å². The largest absolute Gasteiger partial charge is 0.493 e. The second-order valence-electron chi connectivity index (χ2n) is 5.38. The number of amides is 1. The Hall–Kier alpha value is -2.44. The van der Waals surface area contributed by atoms with E-state index in [-0.39, 0.29) is 5.91 Å². The van der Waals surface area contributed by atoms with Crippen LogP contribution < -0.4 is 20.1 Å². The standard InChI is InChI=1S/C19H21Cl2N3O3/c1-3-27-16-6-4-13(10-17(16)26-2)5-7-18(25)22-8-9-23-19-15(21)11-14(20)12-24-19/h4-7,10-12H,3,8-9H2,1-2H3,(H,22,25)(H,23,24)/b7-5+. The average Bonchev–Trinajstić information content (AvgIpc) is 2.66. The normalized spacial score (nSPS) is 10.7. The van der Waals surface area contributed by atoms with Crippen molar-refractivity contribution in [3.63, 3.8) is 0 Å². The van der Waals surface area contributed by atoms with E-state index in [1.54, 1.807) is 19.3 Å². The van der Waals surface area contributed by atoms with Crippen molar-refractivity contribution in [1.82, 2.24) is 10.3 Å². The molecule has 0 unspecified atom stereocenters. The molecule has 2 N–H and O–H groups in total. The minimum atomic E-state index is -0.209. The third-order valence-electron chi connectivity index (χ3n) is 3.44. The fourth-order valence-corrected chi connectivity index (χ4v) is 2.65. The fraction of sp³-hybridized carbons (Fsp3) is 0.263.